The summed E-state index contributed by atoms with van der Waals surface area (Å²) in [7, 11) is 0. The lowest BCUT2D eigenvalue weighted by molar-refractivity contribution is -0.145. The summed E-state index contributed by atoms with van der Waals surface area (Å²) >= 11 is 1.66. The summed E-state index contributed by atoms with van der Waals surface area (Å²) in [6.45, 7) is 14.7. The van der Waals surface area contributed by atoms with E-state index in [0.29, 0.717) is 19.5 Å². The molecule has 256 valence electrons. The summed E-state index contributed by atoms with van der Waals surface area (Å²) in [5, 5.41) is 10.9. The van der Waals surface area contributed by atoms with Crippen LogP contribution in [0.25, 0.3) is 0 Å². The number of aliphatic hydroxyl groups is 1. The highest BCUT2D eigenvalue weighted by molar-refractivity contribution is 8.02. The first-order valence-corrected chi connectivity index (χ1v) is 18.1. The molecule has 7 nitrogen and oxygen atoms in total. The minimum absolute atomic E-state index is 0.0129. The van der Waals surface area contributed by atoms with Crippen LogP contribution in [0.3, 0.4) is 0 Å². The molecule has 2 bridgehead atoms. The molecule has 3 heterocycles. The van der Waals surface area contributed by atoms with E-state index in [1.807, 2.05) is 92.7 Å². The number of hydrogen-bond donors (Lipinski definition) is 1. The van der Waals surface area contributed by atoms with Crippen molar-refractivity contribution in [3.8, 4) is 0 Å². The van der Waals surface area contributed by atoms with Gasteiger partial charge in [-0.15, -0.1) is 24.9 Å². The molecule has 6 rings (SSSR count). The highest BCUT2D eigenvalue weighted by Crippen LogP contribution is 2.69. The SMILES string of the molecule is C=CCN(Cc1ccccc1)C(=O)[C@@H]1[C@H]2C(=O)N([C@@H](CO)Cc3ccccc3)C(C(=O)N(CC=C)c3c(C)cccc3C)C23S[C@@H]1CC3C. The van der Waals surface area contributed by atoms with E-state index in [9.17, 15) is 9.90 Å². The number of carbonyl (C=O) groups excluding carboxylic acids is 3. The van der Waals surface area contributed by atoms with Crippen LogP contribution in [-0.2, 0) is 27.3 Å². The lowest BCUT2D eigenvalue weighted by Crippen LogP contribution is -2.60. The van der Waals surface area contributed by atoms with Crippen LogP contribution in [0, 0.1) is 31.6 Å². The van der Waals surface area contributed by atoms with Gasteiger partial charge in [0.1, 0.15) is 6.04 Å². The van der Waals surface area contributed by atoms with Crippen LogP contribution in [0.2, 0.25) is 0 Å². The summed E-state index contributed by atoms with van der Waals surface area (Å²) in [6, 6.07) is 24.0. The van der Waals surface area contributed by atoms with Crippen molar-refractivity contribution in [1.82, 2.24) is 9.80 Å². The number of para-hydroxylation sites is 1. The van der Waals surface area contributed by atoms with E-state index in [4.69, 9.17) is 0 Å². The smallest absolute Gasteiger partial charge is 0.251 e. The van der Waals surface area contributed by atoms with Crippen molar-refractivity contribution >= 4 is 35.2 Å². The summed E-state index contributed by atoms with van der Waals surface area (Å²) in [4.78, 5) is 50.5. The molecule has 3 aliphatic heterocycles. The average molecular weight is 678 g/mol. The Morgan fingerprint density at radius 2 is 1.55 bits per heavy atom. The van der Waals surface area contributed by atoms with Crippen LogP contribution in [-0.4, -0.2) is 74.4 Å². The van der Waals surface area contributed by atoms with Gasteiger partial charge < -0.3 is 19.8 Å². The van der Waals surface area contributed by atoms with Gasteiger partial charge in [0.25, 0.3) is 5.91 Å². The van der Waals surface area contributed by atoms with Crippen LogP contribution in [0.5, 0.6) is 0 Å². The molecule has 3 saturated heterocycles. The molecular weight excluding hydrogens is 631 g/mol. The molecule has 3 aliphatic rings. The van der Waals surface area contributed by atoms with Crippen LogP contribution >= 0.6 is 11.8 Å². The van der Waals surface area contributed by atoms with Gasteiger partial charge in [-0.2, -0.15) is 0 Å². The van der Waals surface area contributed by atoms with Crippen molar-refractivity contribution in [2.75, 3.05) is 24.6 Å². The van der Waals surface area contributed by atoms with Gasteiger partial charge in [0, 0.05) is 30.6 Å². The second-order valence-corrected chi connectivity index (χ2v) is 15.3. The standard InChI is InChI=1S/C41H47N3O4S/c1-6-21-42(25-31-19-12-9-13-20-31)38(46)34-33-23-29(5)41(49-33)35(34)39(47)44(32(26-45)24-30-17-10-8-11-18-30)37(41)40(48)43(22-7-2)36-27(3)15-14-16-28(36)4/h6-20,29,32-35,37,45H,1-2,21-26H2,3-5H3/t29?,32-,33-,34+,35+,37?,41?/m1/s1. The van der Waals surface area contributed by atoms with E-state index in [-0.39, 0.29) is 42.0 Å². The fraction of sp³-hybridized carbons (Fsp3) is 0.390. The number of rotatable bonds is 13. The molecule has 0 radical (unpaired) electrons. The van der Waals surface area contributed by atoms with Crippen molar-refractivity contribution in [2.45, 2.75) is 62.2 Å². The van der Waals surface area contributed by atoms with Gasteiger partial charge in [0.15, 0.2) is 0 Å². The molecule has 1 spiro atoms. The number of aliphatic hydroxyl groups excluding tert-OH is 1. The van der Waals surface area contributed by atoms with Gasteiger partial charge in [-0.25, -0.2) is 0 Å². The molecule has 49 heavy (non-hydrogen) atoms. The molecule has 8 heteroatoms. The molecular formula is C41H47N3O4S. The van der Waals surface area contributed by atoms with E-state index in [1.54, 1.807) is 38.6 Å². The molecule has 0 aliphatic carbocycles. The molecule has 3 unspecified atom stereocenters. The highest BCUT2D eigenvalue weighted by atomic mass is 32.2. The minimum Gasteiger partial charge on any atom is -0.394 e. The van der Waals surface area contributed by atoms with Gasteiger partial charge in [-0.1, -0.05) is 97.9 Å². The Bertz CT molecular complexity index is 1690. The molecule has 3 fully saturated rings. The highest BCUT2D eigenvalue weighted by Gasteiger charge is 2.77. The zero-order chi connectivity index (χ0) is 34.9. The van der Waals surface area contributed by atoms with Crippen molar-refractivity contribution in [1.29, 1.82) is 0 Å². The average Bonchev–Trinajstić information content (AvgIpc) is 3.70. The number of amides is 3. The van der Waals surface area contributed by atoms with Gasteiger partial charge >= 0.3 is 0 Å². The fourth-order valence-corrected chi connectivity index (χ4v) is 11.1. The first kappa shape index (κ1) is 34.7. The summed E-state index contributed by atoms with van der Waals surface area (Å²) < 4.78 is -0.841. The van der Waals surface area contributed by atoms with Gasteiger partial charge in [-0.3, -0.25) is 14.4 Å². The van der Waals surface area contributed by atoms with E-state index >= 15 is 9.59 Å². The number of fused-ring (bicyclic) bond motifs is 1. The first-order valence-electron chi connectivity index (χ1n) is 17.2. The molecule has 0 aromatic heterocycles. The Balaban J connectivity index is 1.47. The Hall–Kier alpha value is -4.14. The summed E-state index contributed by atoms with van der Waals surface area (Å²) in [6.07, 6.45) is 4.56. The second kappa shape index (κ2) is 14.4. The Morgan fingerprint density at radius 1 is 0.939 bits per heavy atom. The lowest BCUT2D eigenvalue weighted by Gasteiger charge is -2.42. The van der Waals surface area contributed by atoms with Crippen LogP contribution < -0.4 is 4.90 Å². The summed E-state index contributed by atoms with van der Waals surface area (Å²) in [5.74, 6) is -1.80. The molecule has 7 atom stereocenters. The number of nitrogens with zero attached hydrogens (tertiary/aromatic N) is 3. The quantitative estimate of drug-likeness (QED) is 0.225. The minimum atomic E-state index is -0.880. The maximum atomic E-state index is 15.4. The molecule has 3 amide bonds. The number of aryl methyl sites for hydroxylation is 2. The van der Waals surface area contributed by atoms with Gasteiger partial charge in [0.2, 0.25) is 11.8 Å². The van der Waals surface area contributed by atoms with Crippen molar-refractivity contribution in [3.05, 3.63) is 126 Å². The Kier molecular flexibility index (Phi) is 10.2. The maximum Gasteiger partial charge on any atom is 0.251 e. The second-order valence-electron chi connectivity index (χ2n) is 13.8. The van der Waals surface area contributed by atoms with Crippen LogP contribution in [0.15, 0.2) is 104 Å². The maximum absolute atomic E-state index is 15.4. The first-order chi connectivity index (χ1) is 23.7. The normalized spacial score (nSPS) is 25.9. The van der Waals surface area contributed by atoms with Gasteiger partial charge in [-0.05, 0) is 54.9 Å². The number of carbonyl (C=O) groups is 3. The zero-order valence-electron chi connectivity index (χ0n) is 28.7. The fourth-order valence-electron chi connectivity index (χ4n) is 8.75. The van der Waals surface area contributed by atoms with Crippen molar-refractivity contribution in [3.63, 3.8) is 0 Å². The van der Waals surface area contributed by atoms with Gasteiger partial charge in [0.05, 0.1) is 29.2 Å². The van der Waals surface area contributed by atoms with Crippen molar-refractivity contribution < 1.29 is 19.5 Å². The largest absolute Gasteiger partial charge is 0.394 e. The van der Waals surface area contributed by atoms with E-state index in [1.165, 1.54) is 0 Å². The predicted octanol–water partition coefficient (Wildman–Crippen LogP) is 5.98. The lowest BCUT2D eigenvalue weighted by atomic mass is 9.65. The third-order valence-electron chi connectivity index (χ3n) is 10.8. The number of likely N-dealkylation sites (tertiary alicyclic amines) is 1. The molecule has 3 aromatic carbocycles. The third-order valence-corrected chi connectivity index (χ3v) is 12.9. The predicted molar refractivity (Wildman–Crippen MR) is 197 cm³/mol. The van der Waals surface area contributed by atoms with Crippen LogP contribution in [0.1, 0.15) is 35.6 Å². The zero-order valence-corrected chi connectivity index (χ0v) is 29.5. The number of benzene rings is 3. The van der Waals surface area contributed by atoms with Crippen LogP contribution in [0.4, 0.5) is 5.69 Å². The number of anilines is 1. The van der Waals surface area contributed by atoms with E-state index in [0.717, 1.165) is 34.4 Å². The summed E-state index contributed by atoms with van der Waals surface area (Å²) in [5.41, 5.74) is 4.68. The molecule has 0 saturated carbocycles. The van der Waals surface area contributed by atoms with Crippen molar-refractivity contribution in [2.24, 2.45) is 17.8 Å². The van der Waals surface area contributed by atoms with E-state index < -0.39 is 28.7 Å². The number of hydrogen-bond acceptors (Lipinski definition) is 5. The Labute approximate surface area is 294 Å². The third kappa shape index (κ3) is 6.03. The molecule has 1 N–H and O–H groups in total. The monoisotopic (exact) mass is 677 g/mol. The Morgan fingerprint density at radius 3 is 2.14 bits per heavy atom. The molecule has 3 aromatic rings. The number of thioether (sulfide) groups is 1. The van der Waals surface area contributed by atoms with E-state index in [2.05, 4.69) is 20.1 Å². The topological polar surface area (TPSA) is 81.2 Å².